The van der Waals surface area contributed by atoms with E-state index in [2.05, 4.69) is 37.2 Å². The minimum Gasteiger partial charge on any atom is -0.495 e. The van der Waals surface area contributed by atoms with Crippen molar-refractivity contribution < 1.29 is 9.53 Å². The maximum Gasteiger partial charge on any atom is 0.244 e. The Labute approximate surface area is 135 Å². The summed E-state index contributed by atoms with van der Waals surface area (Å²) in [5.74, 6) is 0.886. The molecule has 1 aromatic carbocycles. The molecule has 1 N–H and O–H groups in total. The smallest absolute Gasteiger partial charge is 0.244 e. The molecule has 1 atom stereocenters. The van der Waals surface area contributed by atoms with Gasteiger partial charge in [0.05, 0.1) is 23.3 Å². The molecule has 1 saturated carbocycles. The van der Waals surface area contributed by atoms with Crippen molar-refractivity contribution in [2.24, 2.45) is 0 Å². The fraction of sp³-hybridized carbons (Fsp3) is 0.500. The van der Waals surface area contributed by atoms with Crippen molar-refractivity contribution >= 4 is 43.5 Å². The Morgan fingerprint density at radius 2 is 2.00 bits per heavy atom. The summed E-state index contributed by atoms with van der Waals surface area (Å²) in [4.78, 5) is 14.3. The van der Waals surface area contributed by atoms with E-state index in [1.54, 1.807) is 7.11 Å². The highest BCUT2D eigenvalue weighted by atomic mass is 79.9. The average Bonchev–Trinajstić information content (AvgIpc) is 3.16. The largest absolute Gasteiger partial charge is 0.495 e. The highest BCUT2D eigenvalue weighted by Crippen LogP contribution is 2.38. The summed E-state index contributed by atoms with van der Waals surface area (Å²) in [5.41, 5.74) is 0.871. The summed E-state index contributed by atoms with van der Waals surface area (Å²) in [6.07, 6.45) is 3.25. The van der Waals surface area contributed by atoms with Crippen LogP contribution >= 0.6 is 31.9 Å². The van der Waals surface area contributed by atoms with Crippen LogP contribution in [0.5, 0.6) is 5.75 Å². The van der Waals surface area contributed by atoms with Crippen molar-refractivity contribution in [3.05, 3.63) is 21.1 Å². The van der Waals surface area contributed by atoms with Gasteiger partial charge in [-0.3, -0.25) is 4.79 Å². The lowest BCUT2D eigenvalue weighted by molar-refractivity contribution is -0.118. The zero-order valence-electron chi connectivity index (χ0n) is 11.2. The first-order valence-electron chi connectivity index (χ1n) is 6.70. The Morgan fingerprint density at radius 3 is 2.65 bits per heavy atom. The van der Waals surface area contributed by atoms with Crippen molar-refractivity contribution in [1.82, 2.24) is 5.32 Å². The van der Waals surface area contributed by atoms with E-state index in [1.807, 2.05) is 17.0 Å². The molecule has 108 valence electrons. The summed E-state index contributed by atoms with van der Waals surface area (Å²) >= 11 is 6.98. The van der Waals surface area contributed by atoms with Gasteiger partial charge in [0.25, 0.3) is 0 Å². The average molecular weight is 404 g/mol. The fourth-order valence-corrected chi connectivity index (χ4v) is 3.86. The van der Waals surface area contributed by atoms with Crippen LogP contribution in [0.15, 0.2) is 21.1 Å². The van der Waals surface area contributed by atoms with Crippen molar-refractivity contribution in [2.75, 3.05) is 18.6 Å². The zero-order valence-corrected chi connectivity index (χ0v) is 14.3. The molecular formula is C14H16Br2N2O2. The molecule has 4 nitrogen and oxygen atoms in total. The second kappa shape index (κ2) is 5.66. The number of hydrogen-bond donors (Lipinski definition) is 1. The fourth-order valence-electron chi connectivity index (χ4n) is 2.49. The second-order valence-electron chi connectivity index (χ2n) is 5.21. The molecule has 0 bridgehead atoms. The Hall–Kier alpha value is -0.590. The normalized spacial score (nSPS) is 22.4. The van der Waals surface area contributed by atoms with Gasteiger partial charge in [-0.1, -0.05) is 0 Å². The summed E-state index contributed by atoms with van der Waals surface area (Å²) in [7, 11) is 1.63. The van der Waals surface area contributed by atoms with Gasteiger partial charge in [-0.2, -0.15) is 0 Å². The number of hydrogen-bond acceptors (Lipinski definition) is 3. The van der Waals surface area contributed by atoms with Crippen molar-refractivity contribution in [3.8, 4) is 5.75 Å². The van der Waals surface area contributed by atoms with Crippen LogP contribution in [0.3, 0.4) is 0 Å². The number of carbonyl (C=O) groups excluding carboxylic acids is 1. The van der Waals surface area contributed by atoms with Crippen LogP contribution in [0.2, 0.25) is 0 Å². The molecule has 0 spiro atoms. The van der Waals surface area contributed by atoms with Crippen molar-refractivity contribution in [1.29, 1.82) is 0 Å². The molecule has 0 aromatic heterocycles. The number of halogens is 2. The van der Waals surface area contributed by atoms with E-state index in [9.17, 15) is 4.79 Å². The van der Waals surface area contributed by atoms with E-state index in [0.29, 0.717) is 6.04 Å². The topological polar surface area (TPSA) is 41.6 Å². The van der Waals surface area contributed by atoms with Gasteiger partial charge in [0.1, 0.15) is 5.75 Å². The monoisotopic (exact) mass is 402 g/mol. The number of benzene rings is 1. The molecule has 2 aliphatic rings. The van der Waals surface area contributed by atoms with E-state index in [4.69, 9.17) is 4.74 Å². The van der Waals surface area contributed by atoms with Crippen LogP contribution in [0.4, 0.5) is 5.69 Å². The summed E-state index contributed by atoms with van der Waals surface area (Å²) in [6.45, 7) is 0.743. The number of amides is 1. The van der Waals surface area contributed by atoms with Gasteiger partial charge in [0, 0.05) is 23.1 Å². The van der Waals surface area contributed by atoms with Crippen LogP contribution in [-0.4, -0.2) is 31.6 Å². The minimum absolute atomic E-state index is 0.0379. The molecule has 3 rings (SSSR count). The third-order valence-corrected chi connectivity index (χ3v) is 4.99. The van der Waals surface area contributed by atoms with Crippen molar-refractivity contribution in [3.63, 3.8) is 0 Å². The lowest BCUT2D eigenvalue weighted by Crippen LogP contribution is -2.39. The maximum atomic E-state index is 12.5. The first kappa shape index (κ1) is 14.4. The summed E-state index contributed by atoms with van der Waals surface area (Å²) < 4.78 is 7.08. The molecule has 1 amide bonds. The molecule has 1 saturated heterocycles. The summed E-state index contributed by atoms with van der Waals surface area (Å²) in [6, 6.07) is 4.32. The standard InChI is InChI=1S/C14H16Br2N2O2/c1-20-13-7-12(9(15)6-10(13)16)18-5-4-11(14(18)19)17-8-2-3-8/h6-8,11,17H,2-5H2,1H3. The van der Waals surface area contributed by atoms with E-state index in [0.717, 1.165) is 33.3 Å². The van der Waals surface area contributed by atoms with Crippen LogP contribution in [0.1, 0.15) is 19.3 Å². The number of ether oxygens (including phenoxy) is 1. The maximum absolute atomic E-state index is 12.5. The molecular weight excluding hydrogens is 388 g/mol. The van der Waals surface area contributed by atoms with E-state index < -0.39 is 0 Å². The SMILES string of the molecule is COc1cc(N2CCC(NC3CC3)C2=O)c(Br)cc1Br. The number of nitrogens with zero attached hydrogens (tertiary/aromatic N) is 1. The van der Waals surface area contributed by atoms with Gasteiger partial charge < -0.3 is 15.0 Å². The predicted octanol–water partition coefficient (Wildman–Crippen LogP) is 3.08. The quantitative estimate of drug-likeness (QED) is 0.839. The highest BCUT2D eigenvalue weighted by molar-refractivity contribution is 9.11. The number of carbonyl (C=O) groups is 1. The van der Waals surface area contributed by atoms with E-state index >= 15 is 0 Å². The van der Waals surface area contributed by atoms with E-state index in [-0.39, 0.29) is 11.9 Å². The van der Waals surface area contributed by atoms with Crippen LogP contribution in [0, 0.1) is 0 Å². The summed E-state index contributed by atoms with van der Waals surface area (Å²) in [5, 5.41) is 3.41. The molecule has 1 aromatic rings. The van der Waals surface area contributed by atoms with Gasteiger partial charge in [-0.05, 0) is 57.2 Å². The first-order chi connectivity index (χ1) is 9.60. The Balaban J connectivity index is 1.83. The van der Waals surface area contributed by atoms with Crippen LogP contribution in [0.25, 0.3) is 0 Å². The number of methoxy groups -OCH3 is 1. The predicted molar refractivity (Wildman–Crippen MR) is 85.3 cm³/mol. The van der Waals surface area contributed by atoms with Gasteiger partial charge in [-0.25, -0.2) is 0 Å². The molecule has 20 heavy (non-hydrogen) atoms. The Morgan fingerprint density at radius 1 is 1.25 bits per heavy atom. The van der Waals surface area contributed by atoms with Gasteiger partial charge in [-0.15, -0.1) is 0 Å². The zero-order chi connectivity index (χ0) is 14.3. The van der Waals surface area contributed by atoms with Gasteiger partial charge >= 0.3 is 0 Å². The number of anilines is 1. The third kappa shape index (κ3) is 2.73. The van der Waals surface area contributed by atoms with Crippen LogP contribution < -0.4 is 15.0 Å². The Kier molecular flexibility index (Phi) is 4.06. The van der Waals surface area contributed by atoms with Gasteiger partial charge in [0.15, 0.2) is 0 Å². The molecule has 6 heteroatoms. The molecule has 0 radical (unpaired) electrons. The molecule has 1 aliphatic heterocycles. The lowest BCUT2D eigenvalue weighted by atomic mass is 10.2. The molecule has 2 fully saturated rings. The molecule has 1 aliphatic carbocycles. The number of rotatable bonds is 4. The minimum atomic E-state index is -0.0379. The second-order valence-corrected chi connectivity index (χ2v) is 6.92. The Bertz CT molecular complexity index is 546. The van der Waals surface area contributed by atoms with Gasteiger partial charge in [0.2, 0.25) is 5.91 Å². The molecule has 1 unspecified atom stereocenters. The van der Waals surface area contributed by atoms with Crippen LogP contribution in [-0.2, 0) is 4.79 Å². The molecule has 1 heterocycles. The highest BCUT2D eigenvalue weighted by Gasteiger charge is 2.37. The number of nitrogens with one attached hydrogen (secondary N) is 1. The van der Waals surface area contributed by atoms with Crippen molar-refractivity contribution in [2.45, 2.75) is 31.3 Å². The van der Waals surface area contributed by atoms with E-state index in [1.165, 1.54) is 12.8 Å². The lowest BCUT2D eigenvalue weighted by Gasteiger charge is -2.20. The first-order valence-corrected chi connectivity index (χ1v) is 8.29. The third-order valence-electron chi connectivity index (χ3n) is 3.73.